The summed E-state index contributed by atoms with van der Waals surface area (Å²) < 4.78 is 13.6. The van der Waals surface area contributed by atoms with Crippen LogP contribution in [0.3, 0.4) is 0 Å². The van der Waals surface area contributed by atoms with Gasteiger partial charge in [0.05, 0.1) is 5.02 Å². The molecule has 106 valence electrons. The Morgan fingerprint density at radius 2 is 1.52 bits per heavy atom. The van der Waals surface area contributed by atoms with E-state index in [4.69, 9.17) is 23.2 Å². The smallest absolute Gasteiger partial charge is 0.142 e. The molecule has 1 unspecified atom stereocenters. The Hall–Kier alpha value is -1.61. The number of hydrogen-bond donors (Lipinski definition) is 1. The molecule has 0 aromatic heterocycles. The molecule has 3 aromatic carbocycles. The Labute approximate surface area is 131 Å². The second-order valence-corrected chi connectivity index (χ2v) is 5.57. The van der Waals surface area contributed by atoms with E-state index >= 15 is 0 Å². The lowest BCUT2D eigenvalue weighted by Crippen LogP contribution is -2.01. The molecular formula is C17H11Cl2FO. The van der Waals surface area contributed by atoms with E-state index in [-0.39, 0.29) is 5.02 Å². The first-order valence-electron chi connectivity index (χ1n) is 6.38. The van der Waals surface area contributed by atoms with Gasteiger partial charge in [-0.25, -0.2) is 4.39 Å². The topological polar surface area (TPSA) is 20.2 Å². The van der Waals surface area contributed by atoms with E-state index in [0.29, 0.717) is 16.1 Å². The Morgan fingerprint density at radius 3 is 2.24 bits per heavy atom. The quantitative estimate of drug-likeness (QED) is 0.673. The maximum absolute atomic E-state index is 13.6. The van der Waals surface area contributed by atoms with Gasteiger partial charge in [-0.2, -0.15) is 0 Å². The number of aliphatic hydroxyl groups excluding tert-OH is 1. The van der Waals surface area contributed by atoms with E-state index in [1.807, 2.05) is 24.3 Å². The lowest BCUT2D eigenvalue weighted by atomic mass is 9.96. The molecule has 0 radical (unpaired) electrons. The second kappa shape index (κ2) is 5.64. The van der Waals surface area contributed by atoms with Gasteiger partial charge in [0.1, 0.15) is 11.9 Å². The molecule has 0 saturated carbocycles. The lowest BCUT2D eigenvalue weighted by Gasteiger charge is -2.15. The molecule has 1 atom stereocenters. The predicted molar refractivity (Wildman–Crippen MR) is 84.4 cm³/mol. The number of halogens is 3. The molecular weight excluding hydrogens is 310 g/mol. The first kappa shape index (κ1) is 14.3. The van der Waals surface area contributed by atoms with Crippen LogP contribution in [-0.2, 0) is 0 Å². The first-order chi connectivity index (χ1) is 10.1. The summed E-state index contributed by atoms with van der Waals surface area (Å²) >= 11 is 11.8. The summed E-state index contributed by atoms with van der Waals surface area (Å²) in [6.45, 7) is 0. The zero-order valence-corrected chi connectivity index (χ0v) is 12.4. The maximum atomic E-state index is 13.6. The molecule has 1 nitrogen and oxygen atoms in total. The zero-order chi connectivity index (χ0) is 15.0. The molecule has 0 bridgehead atoms. The van der Waals surface area contributed by atoms with Gasteiger partial charge in [-0.3, -0.25) is 0 Å². The molecule has 0 amide bonds. The Morgan fingerprint density at radius 1 is 0.857 bits per heavy atom. The Kier molecular flexibility index (Phi) is 3.85. The SMILES string of the molecule is OC(c1ccc(Cl)c(F)c1)c1ccc(Cl)c2ccccc12. The molecule has 3 aromatic rings. The van der Waals surface area contributed by atoms with Gasteiger partial charge in [0.15, 0.2) is 0 Å². The fraction of sp³-hybridized carbons (Fsp3) is 0.0588. The van der Waals surface area contributed by atoms with Gasteiger partial charge in [-0.1, -0.05) is 59.6 Å². The van der Waals surface area contributed by atoms with Crippen molar-refractivity contribution in [2.45, 2.75) is 6.10 Å². The predicted octanol–water partition coefficient (Wildman–Crippen LogP) is 5.37. The molecule has 0 aliphatic heterocycles. The van der Waals surface area contributed by atoms with Crippen molar-refractivity contribution < 1.29 is 9.50 Å². The van der Waals surface area contributed by atoms with Crippen LogP contribution in [0.15, 0.2) is 54.6 Å². The van der Waals surface area contributed by atoms with E-state index in [2.05, 4.69) is 0 Å². The van der Waals surface area contributed by atoms with Crippen LogP contribution in [0.5, 0.6) is 0 Å². The normalized spacial score (nSPS) is 12.6. The molecule has 0 fully saturated rings. The van der Waals surface area contributed by atoms with Gasteiger partial charge < -0.3 is 5.11 Å². The van der Waals surface area contributed by atoms with Crippen molar-refractivity contribution in [3.05, 3.63) is 81.6 Å². The van der Waals surface area contributed by atoms with Gasteiger partial charge in [0.2, 0.25) is 0 Å². The van der Waals surface area contributed by atoms with Crippen LogP contribution < -0.4 is 0 Å². The van der Waals surface area contributed by atoms with Gasteiger partial charge in [0.25, 0.3) is 0 Å². The molecule has 0 heterocycles. The van der Waals surface area contributed by atoms with Crippen LogP contribution in [0.2, 0.25) is 10.0 Å². The van der Waals surface area contributed by atoms with Gasteiger partial charge >= 0.3 is 0 Å². The highest BCUT2D eigenvalue weighted by molar-refractivity contribution is 6.35. The largest absolute Gasteiger partial charge is 0.384 e. The number of hydrogen-bond acceptors (Lipinski definition) is 1. The number of aliphatic hydroxyl groups is 1. The van der Waals surface area contributed by atoms with Crippen molar-refractivity contribution >= 4 is 34.0 Å². The summed E-state index contributed by atoms with van der Waals surface area (Å²) in [5.41, 5.74) is 1.13. The van der Waals surface area contributed by atoms with Crippen molar-refractivity contribution in [3.63, 3.8) is 0 Å². The molecule has 3 rings (SSSR count). The summed E-state index contributed by atoms with van der Waals surface area (Å²) in [5.74, 6) is -0.550. The second-order valence-electron chi connectivity index (χ2n) is 4.76. The van der Waals surface area contributed by atoms with E-state index in [1.165, 1.54) is 12.1 Å². The molecule has 1 N–H and O–H groups in total. The fourth-order valence-corrected chi connectivity index (χ4v) is 2.73. The van der Waals surface area contributed by atoms with Crippen molar-refractivity contribution in [2.24, 2.45) is 0 Å². The highest BCUT2D eigenvalue weighted by Gasteiger charge is 2.16. The third-order valence-electron chi connectivity index (χ3n) is 3.46. The summed E-state index contributed by atoms with van der Waals surface area (Å²) in [4.78, 5) is 0. The van der Waals surface area contributed by atoms with Crippen molar-refractivity contribution in [3.8, 4) is 0 Å². The third kappa shape index (κ3) is 2.62. The van der Waals surface area contributed by atoms with E-state index < -0.39 is 11.9 Å². The lowest BCUT2D eigenvalue weighted by molar-refractivity contribution is 0.221. The Balaban J connectivity index is 2.15. The molecule has 21 heavy (non-hydrogen) atoms. The number of fused-ring (bicyclic) bond motifs is 1. The van der Waals surface area contributed by atoms with Crippen molar-refractivity contribution in [1.82, 2.24) is 0 Å². The minimum atomic E-state index is -0.945. The maximum Gasteiger partial charge on any atom is 0.142 e. The fourth-order valence-electron chi connectivity index (χ4n) is 2.39. The molecule has 0 saturated heterocycles. The van der Waals surface area contributed by atoms with Crippen LogP contribution in [0.1, 0.15) is 17.2 Å². The van der Waals surface area contributed by atoms with Crippen LogP contribution in [-0.4, -0.2) is 5.11 Å². The minimum absolute atomic E-state index is 0.0342. The minimum Gasteiger partial charge on any atom is -0.384 e. The van der Waals surface area contributed by atoms with Gasteiger partial charge in [-0.05, 0) is 34.7 Å². The summed E-state index contributed by atoms with van der Waals surface area (Å²) in [5, 5.41) is 12.9. The van der Waals surface area contributed by atoms with Crippen LogP contribution in [0, 0.1) is 5.82 Å². The van der Waals surface area contributed by atoms with Crippen LogP contribution in [0.4, 0.5) is 4.39 Å². The average molecular weight is 321 g/mol. The first-order valence-corrected chi connectivity index (χ1v) is 7.13. The van der Waals surface area contributed by atoms with E-state index in [1.54, 1.807) is 18.2 Å². The summed E-state index contributed by atoms with van der Waals surface area (Å²) in [6.07, 6.45) is -0.945. The highest BCUT2D eigenvalue weighted by atomic mass is 35.5. The standard InChI is InChI=1S/C17H11Cl2FO/c18-14-8-6-13(11-3-1-2-4-12(11)14)17(21)10-5-7-15(19)16(20)9-10/h1-9,17,21H. The summed E-state index contributed by atoms with van der Waals surface area (Å²) in [7, 11) is 0. The monoisotopic (exact) mass is 320 g/mol. The van der Waals surface area contributed by atoms with E-state index in [0.717, 1.165) is 10.8 Å². The molecule has 0 aliphatic carbocycles. The average Bonchev–Trinajstić information content (AvgIpc) is 2.50. The van der Waals surface area contributed by atoms with Crippen LogP contribution in [0.25, 0.3) is 10.8 Å². The Bertz CT molecular complexity index is 817. The van der Waals surface area contributed by atoms with Gasteiger partial charge in [0, 0.05) is 10.4 Å². The van der Waals surface area contributed by atoms with Crippen molar-refractivity contribution in [1.29, 1.82) is 0 Å². The molecule has 0 aliphatic rings. The zero-order valence-electron chi connectivity index (χ0n) is 10.9. The highest BCUT2D eigenvalue weighted by Crippen LogP contribution is 2.33. The third-order valence-corrected chi connectivity index (χ3v) is 4.09. The van der Waals surface area contributed by atoms with Crippen LogP contribution >= 0.6 is 23.2 Å². The molecule has 0 spiro atoms. The number of benzene rings is 3. The number of rotatable bonds is 2. The summed E-state index contributed by atoms with van der Waals surface area (Å²) in [6, 6.07) is 15.3. The molecule has 4 heteroatoms. The van der Waals surface area contributed by atoms with E-state index in [9.17, 15) is 9.50 Å². The van der Waals surface area contributed by atoms with Crippen molar-refractivity contribution in [2.75, 3.05) is 0 Å². The van der Waals surface area contributed by atoms with Gasteiger partial charge in [-0.15, -0.1) is 0 Å².